The predicted molar refractivity (Wildman–Crippen MR) is 113 cm³/mol. The van der Waals surface area contributed by atoms with E-state index in [4.69, 9.17) is 9.47 Å². The van der Waals surface area contributed by atoms with Crippen LogP contribution in [-0.2, 0) is 14.3 Å². The lowest BCUT2D eigenvalue weighted by Gasteiger charge is -2.55. The van der Waals surface area contributed by atoms with Crippen LogP contribution in [0.25, 0.3) is 0 Å². The summed E-state index contributed by atoms with van der Waals surface area (Å²) in [7, 11) is 1.82. The summed E-state index contributed by atoms with van der Waals surface area (Å²) in [5.74, 6) is 1.29. The molecule has 0 aromatic heterocycles. The molecule has 2 heterocycles. The molecule has 1 saturated carbocycles. The van der Waals surface area contributed by atoms with E-state index < -0.39 is 5.60 Å². The van der Waals surface area contributed by atoms with Crippen molar-refractivity contribution >= 4 is 35.9 Å². The minimum atomic E-state index is -0.433. The highest BCUT2D eigenvalue weighted by Crippen LogP contribution is 2.52. The first-order valence-electron chi connectivity index (χ1n) is 9.46. The van der Waals surface area contributed by atoms with Gasteiger partial charge in [-0.3, -0.25) is 9.79 Å². The molecule has 26 heavy (non-hydrogen) atoms. The molecule has 0 bridgehead atoms. The lowest BCUT2D eigenvalue weighted by molar-refractivity contribution is -0.159. The van der Waals surface area contributed by atoms with Crippen LogP contribution < -0.4 is 5.32 Å². The lowest BCUT2D eigenvalue weighted by atomic mass is 9.57. The number of carbonyl (C=O) groups is 1. The normalized spacial score (nSPS) is 33.2. The van der Waals surface area contributed by atoms with Crippen molar-refractivity contribution in [3.63, 3.8) is 0 Å². The average Bonchev–Trinajstić information content (AvgIpc) is 3.14. The molecule has 0 amide bonds. The van der Waals surface area contributed by atoms with E-state index in [0.29, 0.717) is 24.6 Å². The van der Waals surface area contributed by atoms with Gasteiger partial charge in [-0.25, -0.2) is 0 Å². The van der Waals surface area contributed by atoms with Crippen LogP contribution in [0.2, 0.25) is 0 Å². The van der Waals surface area contributed by atoms with Crippen LogP contribution in [0.4, 0.5) is 0 Å². The maximum Gasteiger partial charge on any atom is 0.311 e. The minimum Gasteiger partial charge on any atom is -0.460 e. The standard InChI is InChI=1S/C19H33N3O3.HI/c1-18(2,3)25-16(23)12-7-9-22(11-12)17(20-6)21-14-13-8-10-24-15(13)19(14,4)5;/h12-15H,7-11H2,1-6H3,(H,20,21);1H. The van der Waals surface area contributed by atoms with Crippen LogP contribution >= 0.6 is 24.0 Å². The topological polar surface area (TPSA) is 63.2 Å². The molecule has 6 nitrogen and oxygen atoms in total. The molecular formula is C19H34IN3O3. The number of aliphatic imine (C=N–C) groups is 1. The van der Waals surface area contributed by atoms with Crippen molar-refractivity contribution in [1.82, 2.24) is 10.2 Å². The van der Waals surface area contributed by atoms with Gasteiger partial charge in [0.25, 0.3) is 0 Å². The average molecular weight is 479 g/mol. The number of hydrogen-bond acceptors (Lipinski definition) is 4. The number of nitrogens with one attached hydrogen (secondary N) is 1. The fourth-order valence-electron chi connectivity index (χ4n) is 4.58. The third-order valence-electron chi connectivity index (χ3n) is 5.82. The predicted octanol–water partition coefficient (Wildman–Crippen LogP) is 2.66. The molecule has 0 aromatic rings. The van der Waals surface area contributed by atoms with Gasteiger partial charge in [-0.2, -0.15) is 0 Å². The number of nitrogens with zero attached hydrogens (tertiary/aromatic N) is 2. The Morgan fingerprint density at radius 2 is 2.00 bits per heavy atom. The van der Waals surface area contributed by atoms with Gasteiger partial charge in [0.2, 0.25) is 0 Å². The fourth-order valence-corrected chi connectivity index (χ4v) is 4.58. The van der Waals surface area contributed by atoms with Crippen molar-refractivity contribution in [3.8, 4) is 0 Å². The summed E-state index contributed by atoms with van der Waals surface area (Å²) in [6.07, 6.45) is 2.29. The van der Waals surface area contributed by atoms with Crippen LogP contribution in [0.1, 0.15) is 47.5 Å². The highest BCUT2D eigenvalue weighted by Gasteiger charge is 2.59. The Labute approximate surface area is 174 Å². The van der Waals surface area contributed by atoms with Crippen molar-refractivity contribution in [1.29, 1.82) is 0 Å². The molecule has 0 radical (unpaired) electrons. The molecule has 7 heteroatoms. The molecule has 4 atom stereocenters. The van der Waals surface area contributed by atoms with E-state index in [2.05, 4.69) is 29.1 Å². The van der Waals surface area contributed by atoms with Gasteiger partial charge < -0.3 is 19.7 Å². The highest BCUT2D eigenvalue weighted by atomic mass is 127. The van der Waals surface area contributed by atoms with Crippen LogP contribution in [0.3, 0.4) is 0 Å². The Morgan fingerprint density at radius 3 is 2.62 bits per heavy atom. The first kappa shape index (κ1) is 21.7. The van der Waals surface area contributed by atoms with Crippen molar-refractivity contribution < 1.29 is 14.3 Å². The number of carbonyl (C=O) groups excluding carboxylic acids is 1. The second-order valence-electron chi connectivity index (χ2n) is 9.20. The van der Waals surface area contributed by atoms with E-state index in [1.54, 1.807) is 0 Å². The van der Waals surface area contributed by atoms with Gasteiger partial charge in [-0.1, -0.05) is 13.8 Å². The molecule has 0 aromatic carbocycles. The summed E-state index contributed by atoms with van der Waals surface area (Å²) >= 11 is 0. The molecule has 1 aliphatic carbocycles. The van der Waals surface area contributed by atoms with Gasteiger partial charge >= 0.3 is 5.97 Å². The Hall–Kier alpha value is -0.570. The zero-order valence-electron chi connectivity index (χ0n) is 16.9. The van der Waals surface area contributed by atoms with Gasteiger partial charge in [-0.05, 0) is 33.6 Å². The van der Waals surface area contributed by atoms with Crippen molar-refractivity contribution in [2.45, 2.75) is 65.2 Å². The summed E-state index contributed by atoms with van der Waals surface area (Å²) in [6.45, 7) is 12.6. The number of esters is 1. The molecule has 3 fully saturated rings. The maximum atomic E-state index is 12.3. The zero-order chi connectivity index (χ0) is 18.4. The molecule has 3 rings (SSSR count). The highest BCUT2D eigenvalue weighted by molar-refractivity contribution is 14.0. The maximum absolute atomic E-state index is 12.3. The molecule has 3 aliphatic rings. The third-order valence-corrected chi connectivity index (χ3v) is 5.82. The monoisotopic (exact) mass is 479 g/mol. The number of halogens is 1. The molecule has 2 saturated heterocycles. The lowest BCUT2D eigenvalue weighted by Crippen LogP contribution is -2.68. The molecule has 1 N–H and O–H groups in total. The number of rotatable bonds is 2. The Morgan fingerprint density at radius 1 is 1.31 bits per heavy atom. The SMILES string of the molecule is CN=C(NC1C2CCOC2C1(C)C)N1CCC(C(=O)OC(C)(C)C)C1.I. The number of ether oxygens (including phenoxy) is 2. The first-order chi connectivity index (χ1) is 11.6. The van der Waals surface area contributed by atoms with Gasteiger partial charge in [0.15, 0.2) is 5.96 Å². The van der Waals surface area contributed by atoms with Crippen LogP contribution in [0, 0.1) is 17.3 Å². The molecule has 0 spiro atoms. The second-order valence-corrected chi connectivity index (χ2v) is 9.20. The van der Waals surface area contributed by atoms with E-state index in [9.17, 15) is 4.79 Å². The van der Waals surface area contributed by atoms with Crippen LogP contribution in [0.15, 0.2) is 4.99 Å². The Bertz CT molecular complexity index is 559. The van der Waals surface area contributed by atoms with E-state index >= 15 is 0 Å². The van der Waals surface area contributed by atoms with Crippen LogP contribution in [-0.4, -0.2) is 61.3 Å². The molecule has 150 valence electrons. The first-order valence-corrected chi connectivity index (χ1v) is 9.46. The molecule has 2 aliphatic heterocycles. The molecule has 4 unspecified atom stereocenters. The van der Waals surface area contributed by atoms with Gasteiger partial charge in [0.05, 0.1) is 12.0 Å². The van der Waals surface area contributed by atoms with Crippen LogP contribution in [0.5, 0.6) is 0 Å². The van der Waals surface area contributed by atoms with Crippen molar-refractivity contribution in [3.05, 3.63) is 0 Å². The van der Waals surface area contributed by atoms with E-state index in [-0.39, 0.29) is 41.3 Å². The summed E-state index contributed by atoms with van der Waals surface area (Å²) in [6, 6.07) is 0.374. The number of fused-ring (bicyclic) bond motifs is 1. The summed E-state index contributed by atoms with van der Waals surface area (Å²) in [5.41, 5.74) is -0.320. The van der Waals surface area contributed by atoms with Gasteiger partial charge in [0, 0.05) is 44.1 Å². The van der Waals surface area contributed by atoms with E-state index in [1.807, 2.05) is 27.8 Å². The van der Waals surface area contributed by atoms with E-state index in [1.165, 1.54) is 0 Å². The zero-order valence-corrected chi connectivity index (χ0v) is 19.2. The van der Waals surface area contributed by atoms with E-state index in [0.717, 1.165) is 32.0 Å². The minimum absolute atomic E-state index is 0. The summed E-state index contributed by atoms with van der Waals surface area (Å²) in [5, 5.41) is 3.66. The molecular weight excluding hydrogens is 445 g/mol. The smallest absolute Gasteiger partial charge is 0.311 e. The summed E-state index contributed by atoms with van der Waals surface area (Å²) in [4.78, 5) is 19.0. The number of hydrogen-bond donors (Lipinski definition) is 1. The fraction of sp³-hybridized carbons (Fsp3) is 0.895. The quantitative estimate of drug-likeness (QED) is 0.286. The number of likely N-dealkylation sites (tertiary alicyclic amines) is 1. The largest absolute Gasteiger partial charge is 0.460 e. The Kier molecular flexibility index (Phi) is 6.53. The van der Waals surface area contributed by atoms with Gasteiger partial charge in [0.1, 0.15) is 5.60 Å². The van der Waals surface area contributed by atoms with Crippen molar-refractivity contribution in [2.24, 2.45) is 22.2 Å². The third kappa shape index (κ3) is 4.13. The van der Waals surface area contributed by atoms with Crippen molar-refractivity contribution in [2.75, 3.05) is 26.7 Å². The summed E-state index contributed by atoms with van der Waals surface area (Å²) < 4.78 is 11.4. The second kappa shape index (κ2) is 7.81. The number of guanidine groups is 1. The van der Waals surface area contributed by atoms with Gasteiger partial charge in [-0.15, -0.1) is 24.0 Å². The Balaban J connectivity index is 0.00000243.